The van der Waals surface area contributed by atoms with Gasteiger partial charge in [-0.05, 0) is 22.9 Å². The lowest BCUT2D eigenvalue weighted by Gasteiger charge is -2.25. The number of non-ortho nitro benzene ring substituents is 1. The molecule has 3 aromatic carbocycles. The summed E-state index contributed by atoms with van der Waals surface area (Å²) in [6, 6.07) is 21.1. The first-order valence-corrected chi connectivity index (χ1v) is 10.9. The molecular weight excluding hydrogens is 440 g/mol. The number of carbonyl (C=O) groups excluding carboxylic acids is 2. The van der Waals surface area contributed by atoms with Gasteiger partial charge in [0.05, 0.1) is 16.2 Å². The van der Waals surface area contributed by atoms with Gasteiger partial charge in [0, 0.05) is 28.0 Å². The van der Waals surface area contributed by atoms with Crippen LogP contribution in [0.1, 0.15) is 16.5 Å². The molecule has 7 nitrogen and oxygen atoms in total. The van der Waals surface area contributed by atoms with Gasteiger partial charge in [0.2, 0.25) is 0 Å². The van der Waals surface area contributed by atoms with E-state index in [0.29, 0.717) is 10.6 Å². The fraction of sp³-hybridized carbons (Fsp3) is 0.0400. The van der Waals surface area contributed by atoms with Crippen LogP contribution >= 0.6 is 11.3 Å². The molecule has 0 radical (unpaired) electrons. The number of thiophene rings is 1. The van der Waals surface area contributed by atoms with Crippen LogP contribution in [0.2, 0.25) is 0 Å². The predicted molar refractivity (Wildman–Crippen MR) is 126 cm³/mol. The normalized spacial score (nSPS) is 17.6. The molecule has 1 aliphatic rings. The van der Waals surface area contributed by atoms with E-state index in [2.05, 4.69) is 0 Å². The van der Waals surface area contributed by atoms with Crippen LogP contribution in [0, 0.1) is 10.1 Å². The largest absolute Gasteiger partial charge is 0.507 e. The molecule has 1 saturated heterocycles. The number of aliphatic hydroxyl groups is 1. The van der Waals surface area contributed by atoms with Crippen molar-refractivity contribution in [2.75, 3.05) is 4.90 Å². The van der Waals surface area contributed by atoms with Crippen molar-refractivity contribution in [2.24, 2.45) is 0 Å². The number of rotatable bonds is 4. The summed E-state index contributed by atoms with van der Waals surface area (Å²) in [4.78, 5) is 39.2. The fourth-order valence-electron chi connectivity index (χ4n) is 4.14. The number of amides is 1. The monoisotopic (exact) mass is 456 g/mol. The number of Topliss-reactive ketones (excluding diaryl/α,β-unsaturated/α-hetero) is 1. The number of nitrogens with zero attached hydrogens (tertiary/aromatic N) is 2. The minimum Gasteiger partial charge on any atom is -0.507 e. The van der Waals surface area contributed by atoms with Crippen molar-refractivity contribution < 1.29 is 19.6 Å². The van der Waals surface area contributed by atoms with Crippen molar-refractivity contribution in [2.45, 2.75) is 6.04 Å². The van der Waals surface area contributed by atoms with Gasteiger partial charge >= 0.3 is 0 Å². The Morgan fingerprint density at radius 1 is 0.970 bits per heavy atom. The smallest absolute Gasteiger partial charge is 0.300 e. The Hall–Kier alpha value is -4.30. The Bertz CT molecular complexity index is 1450. The van der Waals surface area contributed by atoms with E-state index >= 15 is 0 Å². The zero-order valence-corrected chi connectivity index (χ0v) is 17.9. The van der Waals surface area contributed by atoms with E-state index in [0.717, 1.165) is 10.8 Å². The number of fused-ring (bicyclic) bond motifs is 1. The van der Waals surface area contributed by atoms with Crippen LogP contribution in [0.5, 0.6) is 0 Å². The minimum atomic E-state index is -0.866. The second-order valence-electron chi connectivity index (χ2n) is 7.49. The van der Waals surface area contributed by atoms with Crippen LogP contribution in [0.4, 0.5) is 11.4 Å². The van der Waals surface area contributed by atoms with Crippen molar-refractivity contribution in [3.05, 3.63) is 110 Å². The van der Waals surface area contributed by atoms with E-state index < -0.39 is 28.4 Å². The molecule has 8 heteroatoms. The zero-order chi connectivity index (χ0) is 23.1. The second-order valence-corrected chi connectivity index (χ2v) is 8.47. The summed E-state index contributed by atoms with van der Waals surface area (Å²) in [6.45, 7) is 0. The van der Waals surface area contributed by atoms with Gasteiger partial charge in [-0.15, -0.1) is 11.3 Å². The van der Waals surface area contributed by atoms with Crippen molar-refractivity contribution in [1.82, 2.24) is 0 Å². The molecule has 0 bridgehead atoms. The lowest BCUT2D eigenvalue weighted by Crippen LogP contribution is -2.29. The molecule has 1 aliphatic heterocycles. The standard InChI is InChI=1S/C25H16N2O5S/c28-23(16-8-3-9-17(14-16)27(31)32)21-22(20-12-5-13-33-20)26(25(30)24(21)29)19-11-4-7-15-6-1-2-10-18(15)19/h1-14,22,28H/b23-21-. The third kappa shape index (κ3) is 3.37. The first-order valence-electron chi connectivity index (χ1n) is 10.0. The highest BCUT2D eigenvalue weighted by atomic mass is 32.1. The summed E-state index contributed by atoms with van der Waals surface area (Å²) in [5, 5.41) is 25.8. The fourth-order valence-corrected chi connectivity index (χ4v) is 4.96. The molecule has 1 N–H and O–H groups in total. The summed E-state index contributed by atoms with van der Waals surface area (Å²) >= 11 is 1.35. The molecule has 2 heterocycles. The van der Waals surface area contributed by atoms with E-state index in [-0.39, 0.29) is 16.8 Å². The second kappa shape index (κ2) is 7.99. The van der Waals surface area contributed by atoms with Gasteiger partial charge in [-0.3, -0.25) is 24.6 Å². The molecule has 0 saturated carbocycles. The highest BCUT2D eigenvalue weighted by molar-refractivity contribution is 7.10. The number of anilines is 1. The van der Waals surface area contributed by atoms with Crippen LogP contribution in [0.3, 0.4) is 0 Å². The van der Waals surface area contributed by atoms with E-state index in [1.807, 2.05) is 41.8 Å². The van der Waals surface area contributed by atoms with Gasteiger partial charge < -0.3 is 5.11 Å². The van der Waals surface area contributed by atoms with E-state index in [4.69, 9.17) is 0 Å². The third-order valence-corrected chi connectivity index (χ3v) is 6.54. The van der Waals surface area contributed by atoms with Crippen LogP contribution in [0.15, 0.2) is 89.8 Å². The number of carbonyl (C=O) groups is 2. The number of hydrogen-bond acceptors (Lipinski definition) is 6. The average molecular weight is 456 g/mol. The molecule has 162 valence electrons. The molecule has 33 heavy (non-hydrogen) atoms. The van der Waals surface area contributed by atoms with E-state index in [9.17, 15) is 24.8 Å². The van der Waals surface area contributed by atoms with Crippen molar-refractivity contribution in [3.63, 3.8) is 0 Å². The topological polar surface area (TPSA) is 101 Å². The van der Waals surface area contributed by atoms with Crippen LogP contribution in [-0.4, -0.2) is 21.7 Å². The number of nitro benzene ring substituents is 1. The molecule has 0 aliphatic carbocycles. The van der Waals surface area contributed by atoms with Gasteiger partial charge in [0.1, 0.15) is 11.8 Å². The maximum absolute atomic E-state index is 13.3. The molecule has 1 atom stereocenters. The molecule has 0 spiro atoms. The molecule has 1 aromatic heterocycles. The van der Waals surface area contributed by atoms with Gasteiger partial charge in [0.25, 0.3) is 17.4 Å². The Morgan fingerprint density at radius 2 is 1.73 bits per heavy atom. The summed E-state index contributed by atoms with van der Waals surface area (Å²) in [6.07, 6.45) is 0. The molecule has 1 amide bonds. The van der Waals surface area contributed by atoms with Crippen LogP contribution in [0.25, 0.3) is 16.5 Å². The number of nitro groups is 1. The molecular formula is C25H16N2O5S. The molecule has 1 fully saturated rings. The molecule has 1 unspecified atom stereocenters. The highest BCUT2D eigenvalue weighted by Crippen LogP contribution is 2.45. The van der Waals surface area contributed by atoms with Gasteiger partial charge in [0.15, 0.2) is 0 Å². The van der Waals surface area contributed by atoms with E-state index in [1.165, 1.54) is 40.5 Å². The van der Waals surface area contributed by atoms with Gasteiger partial charge in [-0.1, -0.05) is 54.6 Å². The number of aliphatic hydroxyl groups excluding tert-OH is 1. The first-order chi connectivity index (χ1) is 16.0. The number of ketones is 1. The predicted octanol–water partition coefficient (Wildman–Crippen LogP) is 5.44. The van der Waals surface area contributed by atoms with Gasteiger partial charge in [-0.2, -0.15) is 0 Å². The van der Waals surface area contributed by atoms with Crippen LogP contribution < -0.4 is 4.90 Å². The van der Waals surface area contributed by atoms with Crippen molar-refractivity contribution in [3.8, 4) is 0 Å². The number of hydrogen-bond donors (Lipinski definition) is 1. The Kier molecular flexibility index (Phi) is 4.99. The Balaban J connectivity index is 1.75. The Morgan fingerprint density at radius 3 is 2.48 bits per heavy atom. The summed E-state index contributed by atoms with van der Waals surface area (Å²) in [7, 11) is 0. The maximum Gasteiger partial charge on any atom is 0.300 e. The third-order valence-electron chi connectivity index (χ3n) is 5.61. The highest BCUT2D eigenvalue weighted by Gasteiger charge is 2.47. The number of benzene rings is 3. The lowest BCUT2D eigenvalue weighted by molar-refractivity contribution is -0.384. The summed E-state index contributed by atoms with van der Waals surface area (Å²) in [5.41, 5.74) is 0.319. The van der Waals surface area contributed by atoms with Crippen molar-refractivity contribution >= 4 is 50.9 Å². The molecule has 4 aromatic rings. The van der Waals surface area contributed by atoms with Gasteiger partial charge in [-0.25, -0.2) is 0 Å². The quantitative estimate of drug-likeness (QED) is 0.145. The summed E-state index contributed by atoms with van der Waals surface area (Å²) in [5.74, 6) is -2.06. The van der Waals surface area contributed by atoms with Crippen molar-refractivity contribution in [1.29, 1.82) is 0 Å². The molecule has 5 rings (SSSR count). The average Bonchev–Trinajstić information content (AvgIpc) is 3.45. The maximum atomic E-state index is 13.3. The van der Waals surface area contributed by atoms with E-state index in [1.54, 1.807) is 18.2 Å². The first kappa shape index (κ1) is 20.6. The van der Waals surface area contributed by atoms with Crippen LogP contribution in [-0.2, 0) is 9.59 Å². The zero-order valence-electron chi connectivity index (χ0n) is 17.0. The lowest BCUT2D eigenvalue weighted by atomic mass is 9.99. The minimum absolute atomic E-state index is 0.0988. The SMILES string of the molecule is O=C1C(=O)N(c2cccc3ccccc23)C(c2cccs2)/C1=C(/O)c1cccc([N+](=O)[O-])c1. The Labute approximate surface area is 192 Å². The summed E-state index contributed by atoms with van der Waals surface area (Å²) < 4.78 is 0.